The Kier molecular flexibility index (Phi) is 3.88. The molecule has 0 aromatic heterocycles. The summed E-state index contributed by atoms with van der Waals surface area (Å²) >= 11 is 0. The molecular formula is C16H25NSi2. The molecule has 0 radical (unpaired) electrons. The van der Waals surface area contributed by atoms with Gasteiger partial charge in [-0.25, -0.2) is 0 Å². The molecule has 0 bridgehead atoms. The van der Waals surface area contributed by atoms with Crippen LogP contribution in [0.1, 0.15) is 6.42 Å². The Labute approximate surface area is 119 Å². The molecule has 0 spiro atoms. The molecule has 0 fully saturated rings. The molecule has 19 heavy (non-hydrogen) atoms. The van der Waals surface area contributed by atoms with E-state index in [4.69, 9.17) is 0 Å². The van der Waals surface area contributed by atoms with Crippen molar-refractivity contribution in [3.8, 4) is 0 Å². The molecule has 102 valence electrons. The van der Waals surface area contributed by atoms with Crippen molar-refractivity contribution in [2.45, 2.75) is 39.2 Å². The Morgan fingerprint density at radius 1 is 0.947 bits per heavy atom. The molecule has 1 aliphatic rings. The first kappa shape index (κ1) is 14.3. The number of nitrogens with one attached hydrogen (secondary N) is 1. The summed E-state index contributed by atoms with van der Waals surface area (Å²) in [4.78, 5) is 3.83. The van der Waals surface area contributed by atoms with Crippen molar-refractivity contribution in [3.05, 3.63) is 52.9 Å². The standard InChI is InChI=1S/C16H25NSi2/c1-18(2,3)15-12-9-13-16(15)19(4,5)17-14-10-7-6-8-11-14/h6-12,17H,13H2,1-5H3. The van der Waals surface area contributed by atoms with Gasteiger partial charge < -0.3 is 4.98 Å². The van der Waals surface area contributed by atoms with Crippen LogP contribution in [0.4, 0.5) is 5.69 Å². The molecule has 1 N–H and O–H groups in total. The van der Waals surface area contributed by atoms with Crippen LogP contribution in [0.5, 0.6) is 0 Å². The highest BCUT2D eigenvalue weighted by atomic mass is 28.3. The molecular weight excluding hydrogens is 262 g/mol. The number of hydrogen-bond acceptors (Lipinski definition) is 1. The highest BCUT2D eigenvalue weighted by molar-refractivity contribution is 6.92. The topological polar surface area (TPSA) is 12.0 Å². The van der Waals surface area contributed by atoms with Gasteiger partial charge in [0.1, 0.15) is 0 Å². The Balaban J connectivity index is 2.30. The molecule has 2 rings (SSSR count). The summed E-state index contributed by atoms with van der Waals surface area (Å²) < 4.78 is 0. The molecule has 0 unspecified atom stereocenters. The van der Waals surface area contributed by atoms with Gasteiger partial charge in [-0.15, -0.1) is 0 Å². The van der Waals surface area contributed by atoms with E-state index in [2.05, 4.69) is 80.2 Å². The highest BCUT2D eigenvalue weighted by Crippen LogP contribution is 2.34. The van der Waals surface area contributed by atoms with Crippen LogP contribution in [-0.4, -0.2) is 16.3 Å². The van der Waals surface area contributed by atoms with Gasteiger partial charge in [0.25, 0.3) is 0 Å². The normalized spacial score (nSPS) is 16.1. The van der Waals surface area contributed by atoms with Crippen LogP contribution in [0, 0.1) is 0 Å². The van der Waals surface area contributed by atoms with E-state index in [1.165, 1.54) is 5.69 Å². The predicted octanol–water partition coefficient (Wildman–Crippen LogP) is 4.98. The zero-order valence-corrected chi connectivity index (χ0v) is 14.7. The average molecular weight is 288 g/mol. The number of para-hydroxylation sites is 1. The van der Waals surface area contributed by atoms with Gasteiger partial charge >= 0.3 is 0 Å². The van der Waals surface area contributed by atoms with Gasteiger partial charge in [-0.1, -0.05) is 60.4 Å². The largest absolute Gasteiger partial charge is 0.407 e. The summed E-state index contributed by atoms with van der Waals surface area (Å²) in [7, 11) is -2.81. The SMILES string of the molecule is C[Si](C)(C)C1=C([Si](C)(C)Nc2ccccc2)CC=C1. The fraction of sp³-hybridized carbons (Fsp3) is 0.375. The Hall–Kier alpha value is -1.07. The first-order chi connectivity index (χ1) is 8.81. The van der Waals surface area contributed by atoms with E-state index in [1.807, 2.05) is 0 Å². The summed E-state index contributed by atoms with van der Waals surface area (Å²) in [6, 6.07) is 10.6. The van der Waals surface area contributed by atoms with Crippen molar-refractivity contribution < 1.29 is 0 Å². The first-order valence-corrected chi connectivity index (χ1v) is 13.5. The molecule has 0 saturated heterocycles. The maximum absolute atomic E-state index is 3.83. The Bertz CT molecular complexity index is 507. The van der Waals surface area contributed by atoms with E-state index in [9.17, 15) is 0 Å². The molecule has 0 amide bonds. The van der Waals surface area contributed by atoms with Gasteiger partial charge in [-0.2, -0.15) is 0 Å². The van der Waals surface area contributed by atoms with Gasteiger partial charge in [0, 0.05) is 5.69 Å². The van der Waals surface area contributed by atoms with Crippen molar-refractivity contribution in [2.75, 3.05) is 4.98 Å². The second-order valence-electron chi connectivity index (χ2n) is 6.86. The highest BCUT2D eigenvalue weighted by Gasteiger charge is 2.34. The summed E-state index contributed by atoms with van der Waals surface area (Å²) in [6.07, 6.45) is 5.89. The van der Waals surface area contributed by atoms with Gasteiger partial charge in [-0.05, 0) is 31.6 Å². The van der Waals surface area contributed by atoms with E-state index in [0.29, 0.717) is 0 Å². The predicted molar refractivity (Wildman–Crippen MR) is 91.7 cm³/mol. The zero-order valence-electron chi connectivity index (χ0n) is 12.7. The maximum Gasteiger partial charge on any atom is 0.175 e. The summed E-state index contributed by atoms with van der Waals surface area (Å²) in [6.45, 7) is 12.2. The van der Waals surface area contributed by atoms with Gasteiger partial charge in [-0.3, -0.25) is 0 Å². The molecule has 0 saturated carbocycles. The lowest BCUT2D eigenvalue weighted by atomic mass is 10.3. The number of rotatable bonds is 4. The lowest BCUT2D eigenvalue weighted by Crippen LogP contribution is -2.42. The first-order valence-electron chi connectivity index (χ1n) is 7.04. The Morgan fingerprint density at radius 3 is 2.16 bits per heavy atom. The minimum atomic E-state index is -1.58. The smallest absolute Gasteiger partial charge is 0.175 e. The fourth-order valence-corrected chi connectivity index (χ4v) is 8.87. The number of hydrogen-bond donors (Lipinski definition) is 1. The van der Waals surface area contributed by atoms with Crippen molar-refractivity contribution >= 4 is 22.0 Å². The van der Waals surface area contributed by atoms with Crippen molar-refractivity contribution in [3.63, 3.8) is 0 Å². The van der Waals surface area contributed by atoms with E-state index >= 15 is 0 Å². The van der Waals surface area contributed by atoms with Crippen LogP contribution >= 0.6 is 0 Å². The minimum Gasteiger partial charge on any atom is -0.407 e. The van der Waals surface area contributed by atoms with E-state index < -0.39 is 16.3 Å². The number of allylic oxidation sites excluding steroid dienone is 4. The van der Waals surface area contributed by atoms with Crippen LogP contribution in [0.2, 0.25) is 32.7 Å². The number of benzene rings is 1. The summed E-state index contributed by atoms with van der Waals surface area (Å²) in [5, 5.41) is 3.38. The molecule has 1 aromatic rings. The summed E-state index contributed by atoms with van der Waals surface area (Å²) in [5.41, 5.74) is 1.26. The minimum absolute atomic E-state index is 1.15. The van der Waals surface area contributed by atoms with Crippen molar-refractivity contribution in [1.82, 2.24) is 0 Å². The van der Waals surface area contributed by atoms with Crippen LogP contribution < -0.4 is 4.98 Å². The van der Waals surface area contributed by atoms with Crippen molar-refractivity contribution in [1.29, 1.82) is 0 Å². The maximum atomic E-state index is 3.83. The third-order valence-electron chi connectivity index (χ3n) is 3.72. The van der Waals surface area contributed by atoms with Gasteiger partial charge in [0.05, 0.1) is 8.07 Å². The average Bonchev–Trinajstić information content (AvgIpc) is 2.78. The molecule has 0 aliphatic heterocycles. The molecule has 1 aliphatic carbocycles. The molecule has 3 heteroatoms. The van der Waals surface area contributed by atoms with E-state index in [1.54, 1.807) is 10.4 Å². The zero-order chi connectivity index (χ0) is 14.1. The number of anilines is 1. The molecule has 0 heterocycles. The van der Waals surface area contributed by atoms with Crippen LogP contribution in [0.3, 0.4) is 0 Å². The van der Waals surface area contributed by atoms with E-state index in [-0.39, 0.29) is 0 Å². The van der Waals surface area contributed by atoms with Crippen LogP contribution in [0.15, 0.2) is 52.9 Å². The van der Waals surface area contributed by atoms with Gasteiger partial charge in [0.15, 0.2) is 8.24 Å². The van der Waals surface area contributed by atoms with Crippen LogP contribution in [-0.2, 0) is 0 Å². The Morgan fingerprint density at radius 2 is 1.58 bits per heavy atom. The quantitative estimate of drug-likeness (QED) is 0.770. The third kappa shape index (κ3) is 3.28. The second kappa shape index (κ2) is 5.14. The molecule has 1 aromatic carbocycles. The van der Waals surface area contributed by atoms with E-state index in [0.717, 1.165) is 6.42 Å². The second-order valence-corrected chi connectivity index (χ2v) is 16.0. The molecule has 0 atom stereocenters. The van der Waals surface area contributed by atoms with Gasteiger partial charge in [0.2, 0.25) is 0 Å². The fourth-order valence-electron chi connectivity index (χ4n) is 2.76. The lowest BCUT2D eigenvalue weighted by Gasteiger charge is -2.31. The van der Waals surface area contributed by atoms with Crippen molar-refractivity contribution in [2.24, 2.45) is 0 Å². The summed E-state index contributed by atoms with van der Waals surface area (Å²) in [5.74, 6) is 0. The third-order valence-corrected chi connectivity index (χ3v) is 8.96. The molecule has 1 nitrogen and oxygen atoms in total. The monoisotopic (exact) mass is 287 g/mol. The lowest BCUT2D eigenvalue weighted by molar-refractivity contribution is 1.33. The van der Waals surface area contributed by atoms with Crippen LogP contribution in [0.25, 0.3) is 0 Å².